The number of tetrazole rings is 1. The van der Waals surface area contributed by atoms with Crippen LogP contribution < -0.4 is 15.2 Å². The molecular formula is C27H32N8O4. The Bertz CT molecular complexity index is 1540. The van der Waals surface area contributed by atoms with Crippen molar-refractivity contribution < 1.29 is 9.66 Å². The fourth-order valence-electron chi connectivity index (χ4n) is 5.00. The molecule has 1 atom stereocenters. The molecule has 5 rings (SSSR count). The summed E-state index contributed by atoms with van der Waals surface area (Å²) in [6.07, 6.45) is 0.803. The van der Waals surface area contributed by atoms with Crippen LogP contribution in [0.3, 0.4) is 0 Å². The Labute approximate surface area is 225 Å². The molecular weight excluding hydrogens is 500 g/mol. The van der Waals surface area contributed by atoms with E-state index < -0.39 is 11.0 Å². The lowest BCUT2D eigenvalue weighted by Gasteiger charge is -2.40. The van der Waals surface area contributed by atoms with Crippen molar-refractivity contribution in [1.82, 2.24) is 30.1 Å². The Morgan fingerprint density at radius 1 is 1.10 bits per heavy atom. The molecule has 1 unspecified atom stereocenters. The lowest BCUT2D eigenvalue weighted by molar-refractivity contribution is -0.384. The van der Waals surface area contributed by atoms with Gasteiger partial charge in [-0.25, -0.2) is 4.68 Å². The van der Waals surface area contributed by atoms with E-state index in [1.54, 1.807) is 19.2 Å². The number of fused-ring (bicyclic) bond motifs is 1. The average molecular weight is 533 g/mol. The van der Waals surface area contributed by atoms with E-state index in [1.807, 2.05) is 28.9 Å². The van der Waals surface area contributed by atoms with Crippen LogP contribution in [0.5, 0.6) is 5.75 Å². The van der Waals surface area contributed by atoms with Crippen LogP contribution in [0.25, 0.3) is 10.9 Å². The second-order valence-corrected chi connectivity index (χ2v) is 10.3. The molecule has 1 aliphatic rings. The molecule has 0 radical (unpaired) electrons. The number of anilines is 1. The maximum atomic E-state index is 13.5. The van der Waals surface area contributed by atoms with Gasteiger partial charge in [0.2, 0.25) is 0 Å². The van der Waals surface area contributed by atoms with Crippen LogP contribution in [-0.2, 0) is 5.54 Å². The number of benzene rings is 2. The topological polar surface area (TPSA) is 135 Å². The van der Waals surface area contributed by atoms with Crippen molar-refractivity contribution in [3.63, 3.8) is 0 Å². The Morgan fingerprint density at radius 3 is 2.46 bits per heavy atom. The molecule has 1 saturated heterocycles. The predicted molar refractivity (Wildman–Crippen MR) is 147 cm³/mol. The molecule has 12 nitrogen and oxygen atoms in total. The van der Waals surface area contributed by atoms with Crippen molar-refractivity contribution in [2.45, 2.75) is 38.8 Å². The highest BCUT2D eigenvalue weighted by Crippen LogP contribution is 2.32. The standard InChI is InChI=1S/C27H32N8O4/c1-5-27(2,3)34-25(29-30-31-34)24(22-17-18-16-21(39-4)10-11-23(18)28-26(22)36)33-14-12-32(13-15-33)19-6-8-20(9-7-19)35(37)38/h6-11,16-17,24H,5,12-15H2,1-4H3,(H,28,36). The molecule has 1 aliphatic heterocycles. The molecule has 1 fully saturated rings. The van der Waals surface area contributed by atoms with Crippen molar-refractivity contribution in [3.05, 3.63) is 80.4 Å². The highest BCUT2D eigenvalue weighted by atomic mass is 16.6. The maximum absolute atomic E-state index is 13.5. The van der Waals surface area contributed by atoms with Gasteiger partial charge in [-0.15, -0.1) is 5.10 Å². The number of aromatic amines is 1. The van der Waals surface area contributed by atoms with E-state index in [1.165, 1.54) is 12.1 Å². The Balaban J connectivity index is 1.53. The van der Waals surface area contributed by atoms with Gasteiger partial charge in [0.05, 0.1) is 17.6 Å². The third-order valence-electron chi connectivity index (χ3n) is 7.66. The minimum atomic E-state index is -0.482. The summed E-state index contributed by atoms with van der Waals surface area (Å²) in [6, 6.07) is 13.6. The first kappa shape index (κ1) is 26.3. The van der Waals surface area contributed by atoms with Crippen molar-refractivity contribution >= 4 is 22.3 Å². The van der Waals surface area contributed by atoms with Gasteiger partial charge in [-0.1, -0.05) is 6.92 Å². The van der Waals surface area contributed by atoms with Crippen LogP contribution in [0, 0.1) is 10.1 Å². The summed E-state index contributed by atoms with van der Waals surface area (Å²) in [4.78, 5) is 31.6. The average Bonchev–Trinajstić information content (AvgIpc) is 3.44. The van der Waals surface area contributed by atoms with E-state index in [-0.39, 0.29) is 16.8 Å². The Hall–Kier alpha value is -4.32. The molecule has 0 spiro atoms. The van der Waals surface area contributed by atoms with Gasteiger partial charge in [0.1, 0.15) is 11.8 Å². The number of methoxy groups -OCH3 is 1. The molecule has 12 heteroatoms. The number of rotatable bonds is 8. The number of hydrogen-bond donors (Lipinski definition) is 1. The second-order valence-electron chi connectivity index (χ2n) is 10.3. The normalized spacial score (nSPS) is 15.4. The number of pyridine rings is 1. The summed E-state index contributed by atoms with van der Waals surface area (Å²) < 4.78 is 7.24. The summed E-state index contributed by atoms with van der Waals surface area (Å²) in [7, 11) is 1.61. The van der Waals surface area contributed by atoms with Crippen molar-refractivity contribution in [2.24, 2.45) is 0 Å². The number of nitrogens with zero attached hydrogens (tertiary/aromatic N) is 7. The number of ether oxygens (including phenoxy) is 1. The van der Waals surface area contributed by atoms with Crippen LogP contribution >= 0.6 is 0 Å². The predicted octanol–water partition coefficient (Wildman–Crippen LogP) is 3.49. The van der Waals surface area contributed by atoms with Crippen LogP contribution in [0.2, 0.25) is 0 Å². The van der Waals surface area contributed by atoms with E-state index >= 15 is 0 Å². The smallest absolute Gasteiger partial charge is 0.269 e. The SMILES string of the molecule is CCC(C)(C)n1nnnc1C(c1cc2cc(OC)ccc2[nH]c1=O)N1CCN(c2ccc([N+](=O)[O-])cc2)CC1. The van der Waals surface area contributed by atoms with Gasteiger partial charge in [0.15, 0.2) is 5.82 Å². The first-order valence-corrected chi connectivity index (χ1v) is 12.9. The summed E-state index contributed by atoms with van der Waals surface area (Å²) in [5.41, 5.74) is 1.71. The van der Waals surface area contributed by atoms with Crippen LogP contribution in [0.4, 0.5) is 11.4 Å². The van der Waals surface area contributed by atoms with Gasteiger partial charge in [0, 0.05) is 60.5 Å². The molecule has 39 heavy (non-hydrogen) atoms. The summed E-state index contributed by atoms with van der Waals surface area (Å²) >= 11 is 0. The fraction of sp³-hybridized carbons (Fsp3) is 0.407. The maximum Gasteiger partial charge on any atom is 0.269 e. The lowest BCUT2D eigenvalue weighted by Crippen LogP contribution is -2.49. The zero-order valence-electron chi connectivity index (χ0n) is 22.5. The molecule has 0 aliphatic carbocycles. The fourth-order valence-corrected chi connectivity index (χ4v) is 5.00. The molecule has 0 bridgehead atoms. The van der Waals surface area contributed by atoms with Gasteiger partial charge < -0.3 is 14.6 Å². The molecule has 204 valence electrons. The number of piperazine rings is 1. The molecule has 2 aromatic carbocycles. The van der Waals surface area contributed by atoms with Crippen molar-refractivity contribution in [3.8, 4) is 5.75 Å². The van der Waals surface area contributed by atoms with E-state index in [2.05, 4.69) is 51.1 Å². The van der Waals surface area contributed by atoms with Gasteiger partial charge >= 0.3 is 0 Å². The molecule has 0 saturated carbocycles. The number of aromatic nitrogens is 5. The monoisotopic (exact) mass is 532 g/mol. The number of nitro benzene ring substituents is 1. The summed E-state index contributed by atoms with van der Waals surface area (Å²) in [5, 5.41) is 24.7. The van der Waals surface area contributed by atoms with Gasteiger partial charge in [-0.2, -0.15) is 0 Å². The molecule has 3 heterocycles. The largest absolute Gasteiger partial charge is 0.497 e. The Morgan fingerprint density at radius 2 is 1.82 bits per heavy atom. The Kier molecular flexibility index (Phi) is 7.04. The van der Waals surface area contributed by atoms with Crippen LogP contribution in [0.1, 0.15) is 44.6 Å². The number of H-pyrrole nitrogens is 1. The third-order valence-corrected chi connectivity index (χ3v) is 7.66. The highest BCUT2D eigenvalue weighted by molar-refractivity contribution is 5.80. The van der Waals surface area contributed by atoms with E-state index in [0.717, 1.165) is 23.0 Å². The minimum absolute atomic E-state index is 0.0648. The second kappa shape index (κ2) is 10.4. The number of nitro groups is 1. The summed E-state index contributed by atoms with van der Waals surface area (Å²) in [5.74, 6) is 1.31. The third kappa shape index (κ3) is 5.07. The van der Waals surface area contributed by atoms with Crippen LogP contribution in [-0.4, -0.2) is 68.3 Å². The lowest BCUT2D eigenvalue weighted by atomic mass is 9.98. The zero-order valence-corrected chi connectivity index (χ0v) is 22.5. The van der Waals surface area contributed by atoms with Gasteiger partial charge in [0.25, 0.3) is 11.2 Å². The van der Waals surface area contributed by atoms with E-state index in [9.17, 15) is 14.9 Å². The van der Waals surface area contributed by atoms with Gasteiger partial charge in [-0.3, -0.25) is 19.8 Å². The van der Waals surface area contributed by atoms with Crippen molar-refractivity contribution in [1.29, 1.82) is 0 Å². The molecule has 1 N–H and O–H groups in total. The highest BCUT2D eigenvalue weighted by Gasteiger charge is 2.35. The number of nitrogens with one attached hydrogen (secondary N) is 1. The molecule has 0 amide bonds. The van der Waals surface area contributed by atoms with Crippen molar-refractivity contribution in [2.75, 3.05) is 38.2 Å². The van der Waals surface area contributed by atoms with E-state index in [4.69, 9.17) is 4.74 Å². The molecule has 2 aromatic heterocycles. The summed E-state index contributed by atoms with van der Waals surface area (Å²) in [6.45, 7) is 8.85. The van der Waals surface area contributed by atoms with Gasteiger partial charge in [-0.05, 0) is 67.1 Å². The number of non-ortho nitro benzene ring substituents is 1. The first-order chi connectivity index (χ1) is 18.7. The first-order valence-electron chi connectivity index (χ1n) is 12.9. The molecule has 4 aromatic rings. The zero-order chi connectivity index (χ0) is 27.7. The minimum Gasteiger partial charge on any atom is -0.497 e. The quantitative estimate of drug-likeness (QED) is 0.267. The van der Waals surface area contributed by atoms with E-state index in [0.29, 0.717) is 43.3 Å². The van der Waals surface area contributed by atoms with Crippen LogP contribution in [0.15, 0.2) is 53.3 Å². The number of hydrogen-bond acceptors (Lipinski definition) is 9.